The molecule has 1 atom stereocenters. The highest BCUT2D eigenvalue weighted by Gasteiger charge is 2.38. The van der Waals surface area contributed by atoms with Gasteiger partial charge in [-0.3, -0.25) is 0 Å². The van der Waals surface area contributed by atoms with E-state index in [4.69, 9.17) is 14.6 Å². The summed E-state index contributed by atoms with van der Waals surface area (Å²) in [6, 6.07) is 12.6. The number of aliphatic hydroxyl groups is 1. The quantitative estimate of drug-likeness (QED) is 0.300. The molecule has 39 heavy (non-hydrogen) atoms. The number of rotatable bonds is 11. The molecule has 3 rings (SSSR count). The molecule has 0 spiro atoms. The first-order valence-corrected chi connectivity index (χ1v) is 13.6. The van der Waals surface area contributed by atoms with Gasteiger partial charge in [-0.1, -0.05) is 30.3 Å². The van der Waals surface area contributed by atoms with E-state index >= 15 is 0 Å². The van der Waals surface area contributed by atoms with Crippen LogP contribution >= 0.6 is 0 Å². The number of sulfonamides is 1. The van der Waals surface area contributed by atoms with Crippen LogP contribution in [0.15, 0.2) is 53.4 Å². The zero-order valence-corrected chi connectivity index (χ0v) is 22.1. The Kier molecular flexibility index (Phi) is 12.6. The number of carbonyl (C=O) groups is 1. The van der Waals surface area contributed by atoms with Crippen molar-refractivity contribution in [3.63, 3.8) is 0 Å². The summed E-state index contributed by atoms with van der Waals surface area (Å²) in [5.41, 5.74) is 1.19. The van der Waals surface area contributed by atoms with Gasteiger partial charge in [-0.25, -0.2) is 22.3 Å². The minimum atomic E-state index is -5.08. The molecule has 2 aromatic carbocycles. The maximum atomic E-state index is 14.7. The lowest BCUT2D eigenvalue weighted by molar-refractivity contribution is -0.192. The molecule has 1 heterocycles. The molecule has 0 radical (unpaired) electrons. The SMILES string of the molecule is COCCN1CCC(Nc2ccc(S(=O)(=O)NC(CO)Cc3ccccc3)cc2F)CC1.O=C(O)C(F)(F)F. The van der Waals surface area contributed by atoms with E-state index in [1.54, 1.807) is 7.11 Å². The number of hydrogen-bond acceptors (Lipinski definition) is 7. The fraction of sp³-hybridized carbons (Fsp3) is 0.480. The average molecular weight is 580 g/mol. The number of nitrogens with one attached hydrogen (secondary N) is 2. The zero-order chi connectivity index (χ0) is 29.1. The maximum absolute atomic E-state index is 14.7. The summed E-state index contributed by atoms with van der Waals surface area (Å²) in [7, 11) is -2.29. The zero-order valence-electron chi connectivity index (χ0n) is 21.3. The van der Waals surface area contributed by atoms with Gasteiger partial charge in [-0.15, -0.1) is 0 Å². The monoisotopic (exact) mass is 579 g/mol. The van der Waals surface area contributed by atoms with Crippen LogP contribution in [0.2, 0.25) is 0 Å². The fourth-order valence-electron chi connectivity index (χ4n) is 3.85. The number of alkyl halides is 3. The third kappa shape index (κ3) is 11.1. The van der Waals surface area contributed by atoms with E-state index in [-0.39, 0.29) is 17.5 Å². The van der Waals surface area contributed by atoms with Crippen LogP contribution in [0.3, 0.4) is 0 Å². The Morgan fingerprint density at radius 2 is 1.77 bits per heavy atom. The van der Waals surface area contributed by atoms with Crippen molar-refractivity contribution >= 4 is 21.7 Å². The van der Waals surface area contributed by atoms with Gasteiger partial charge in [-0.05, 0) is 43.0 Å². The van der Waals surface area contributed by atoms with Crippen molar-refractivity contribution in [1.82, 2.24) is 9.62 Å². The standard InChI is InChI=1S/C23H32FN3O4S.C2HF3O2/c1-31-14-13-27-11-9-19(10-12-27)25-23-8-7-21(16-22(23)24)32(29,30)26-20(17-28)15-18-5-3-2-4-6-18;3-2(4,5)1(6)7/h2-8,16,19-20,25-26,28H,9-15,17H2,1H3;(H,6,7). The molecule has 4 N–H and O–H groups in total. The van der Waals surface area contributed by atoms with E-state index in [0.717, 1.165) is 44.1 Å². The molecular formula is C25H33F4N3O6S. The summed E-state index contributed by atoms with van der Waals surface area (Å²) >= 11 is 0. The Balaban J connectivity index is 0.000000673. The Hall–Kier alpha value is -2.78. The first-order chi connectivity index (χ1) is 18.4. The Labute approximate surface area is 224 Å². The van der Waals surface area contributed by atoms with E-state index < -0.39 is 34.0 Å². The summed E-state index contributed by atoms with van der Waals surface area (Å²) in [5.74, 6) is -3.37. The molecule has 1 fully saturated rings. The Bertz CT molecular complexity index is 1140. The number of ether oxygens (including phenoxy) is 1. The van der Waals surface area contributed by atoms with E-state index in [9.17, 15) is 31.1 Å². The van der Waals surface area contributed by atoms with Crippen LogP contribution in [0.5, 0.6) is 0 Å². The third-order valence-corrected chi connectivity index (χ3v) is 7.44. The van der Waals surface area contributed by atoms with Gasteiger partial charge in [0.05, 0.1) is 23.8 Å². The van der Waals surface area contributed by atoms with Gasteiger partial charge in [0.25, 0.3) is 0 Å². The summed E-state index contributed by atoms with van der Waals surface area (Å²) in [4.78, 5) is 11.0. The van der Waals surface area contributed by atoms with Crippen molar-refractivity contribution in [2.24, 2.45) is 0 Å². The highest BCUT2D eigenvalue weighted by molar-refractivity contribution is 7.89. The van der Waals surface area contributed by atoms with E-state index in [1.807, 2.05) is 30.3 Å². The average Bonchev–Trinajstić information content (AvgIpc) is 2.89. The highest BCUT2D eigenvalue weighted by Crippen LogP contribution is 2.23. The molecular weight excluding hydrogens is 546 g/mol. The molecule has 14 heteroatoms. The van der Waals surface area contributed by atoms with E-state index in [0.29, 0.717) is 18.7 Å². The first-order valence-electron chi connectivity index (χ1n) is 12.1. The molecule has 0 aliphatic carbocycles. The molecule has 1 unspecified atom stereocenters. The topological polar surface area (TPSA) is 128 Å². The van der Waals surface area contributed by atoms with Crippen molar-refractivity contribution in [3.05, 3.63) is 59.9 Å². The van der Waals surface area contributed by atoms with E-state index in [1.165, 1.54) is 12.1 Å². The van der Waals surface area contributed by atoms with E-state index in [2.05, 4.69) is 14.9 Å². The summed E-state index contributed by atoms with van der Waals surface area (Å²) in [6.07, 6.45) is -2.99. The van der Waals surface area contributed by atoms with Gasteiger partial charge < -0.3 is 25.2 Å². The van der Waals surface area contributed by atoms with Gasteiger partial charge in [-0.2, -0.15) is 13.2 Å². The minimum Gasteiger partial charge on any atom is -0.475 e. The molecule has 9 nitrogen and oxygen atoms in total. The predicted octanol–water partition coefficient (Wildman–Crippen LogP) is 2.86. The molecule has 0 bridgehead atoms. The van der Waals surface area contributed by atoms with Crippen LogP contribution in [0.1, 0.15) is 18.4 Å². The lowest BCUT2D eigenvalue weighted by Gasteiger charge is -2.32. The lowest BCUT2D eigenvalue weighted by Crippen LogP contribution is -2.40. The molecule has 0 amide bonds. The predicted molar refractivity (Wildman–Crippen MR) is 136 cm³/mol. The largest absolute Gasteiger partial charge is 0.490 e. The maximum Gasteiger partial charge on any atom is 0.490 e. The Morgan fingerprint density at radius 3 is 2.28 bits per heavy atom. The minimum absolute atomic E-state index is 0.133. The number of nitrogens with zero attached hydrogens (tertiary/aromatic N) is 1. The number of halogens is 4. The van der Waals surface area contributed by atoms with Gasteiger partial charge in [0, 0.05) is 38.8 Å². The fourth-order valence-corrected chi connectivity index (χ4v) is 5.09. The van der Waals surface area contributed by atoms with Gasteiger partial charge in [0.2, 0.25) is 10.0 Å². The second-order valence-corrected chi connectivity index (χ2v) is 10.6. The number of anilines is 1. The van der Waals surface area contributed by atoms with Crippen LogP contribution in [0.4, 0.5) is 23.2 Å². The second-order valence-electron chi connectivity index (χ2n) is 8.89. The first kappa shape index (κ1) is 32.4. The molecule has 0 aromatic heterocycles. The van der Waals surface area contributed by atoms with Crippen molar-refractivity contribution in [1.29, 1.82) is 0 Å². The number of aliphatic hydroxyl groups excluding tert-OH is 1. The molecule has 0 saturated carbocycles. The smallest absolute Gasteiger partial charge is 0.475 e. The van der Waals surface area contributed by atoms with Gasteiger partial charge in [0.15, 0.2) is 0 Å². The lowest BCUT2D eigenvalue weighted by atomic mass is 10.0. The third-order valence-electron chi connectivity index (χ3n) is 5.92. The summed E-state index contributed by atoms with van der Waals surface area (Å²) in [5, 5.41) is 19.9. The molecule has 1 saturated heterocycles. The van der Waals surface area contributed by atoms with Crippen molar-refractivity contribution in [2.75, 3.05) is 45.3 Å². The number of benzene rings is 2. The second kappa shape index (κ2) is 15.1. The van der Waals surface area contributed by atoms with Gasteiger partial charge >= 0.3 is 12.1 Å². The van der Waals surface area contributed by atoms with Crippen molar-refractivity contribution < 1.29 is 45.7 Å². The number of carboxylic acids is 1. The van der Waals surface area contributed by atoms with Gasteiger partial charge in [0.1, 0.15) is 5.82 Å². The number of hydrogen-bond donors (Lipinski definition) is 4. The number of carboxylic acid groups (broad SMARTS) is 1. The number of piperidine rings is 1. The van der Waals surface area contributed by atoms with Crippen LogP contribution in [0, 0.1) is 5.82 Å². The molecule has 2 aromatic rings. The van der Waals surface area contributed by atoms with Crippen LogP contribution in [-0.2, 0) is 26.0 Å². The number of aliphatic carboxylic acids is 1. The van der Waals surface area contributed by atoms with Crippen LogP contribution in [-0.4, -0.2) is 87.7 Å². The van der Waals surface area contributed by atoms with Crippen molar-refractivity contribution in [3.8, 4) is 0 Å². The van der Waals surface area contributed by atoms with Crippen LogP contribution in [0.25, 0.3) is 0 Å². The number of likely N-dealkylation sites (tertiary alicyclic amines) is 1. The number of methoxy groups -OCH3 is 1. The van der Waals surface area contributed by atoms with Crippen molar-refractivity contribution in [2.45, 2.75) is 42.4 Å². The summed E-state index contributed by atoms with van der Waals surface area (Å²) < 4.78 is 79.5. The van der Waals surface area contributed by atoms with Crippen LogP contribution < -0.4 is 10.0 Å². The normalized spacial score (nSPS) is 15.7. The molecule has 1 aliphatic rings. The highest BCUT2D eigenvalue weighted by atomic mass is 32.2. The molecule has 1 aliphatic heterocycles. The summed E-state index contributed by atoms with van der Waals surface area (Å²) in [6.45, 7) is 3.03. The molecule has 218 valence electrons. The Morgan fingerprint density at radius 1 is 1.15 bits per heavy atom.